The molecule has 1 aliphatic rings. The van der Waals surface area contributed by atoms with E-state index in [1.165, 1.54) is 6.07 Å². The summed E-state index contributed by atoms with van der Waals surface area (Å²) in [5.41, 5.74) is 0.283. The molecule has 0 bridgehead atoms. The van der Waals surface area contributed by atoms with Crippen molar-refractivity contribution in [1.29, 1.82) is 0 Å². The number of alkyl halides is 3. The zero-order valence-electron chi connectivity index (χ0n) is 15.7. The Morgan fingerprint density at radius 1 is 1.16 bits per heavy atom. The predicted molar refractivity (Wildman–Crippen MR) is 138 cm³/mol. The molecule has 0 saturated carbocycles. The van der Waals surface area contributed by atoms with Gasteiger partial charge in [-0.2, -0.15) is 13.2 Å². The fourth-order valence-electron chi connectivity index (χ4n) is 2.94. The van der Waals surface area contributed by atoms with Crippen molar-refractivity contribution in [2.75, 3.05) is 36.5 Å². The molecule has 1 saturated heterocycles. The van der Waals surface area contributed by atoms with Crippen molar-refractivity contribution in [2.24, 2.45) is 0 Å². The predicted octanol–water partition coefficient (Wildman–Crippen LogP) is 5.64. The zero-order valence-corrected chi connectivity index (χ0v) is 22.4. The van der Waals surface area contributed by atoms with E-state index in [1.54, 1.807) is 6.07 Å². The summed E-state index contributed by atoms with van der Waals surface area (Å²) in [7, 11) is 0. The van der Waals surface area contributed by atoms with Crippen LogP contribution in [-0.4, -0.2) is 37.3 Å². The molecular formula is C19H15BrF3I2N3O2S. The quantitative estimate of drug-likeness (QED) is 0.243. The van der Waals surface area contributed by atoms with Crippen LogP contribution in [0.15, 0.2) is 34.8 Å². The van der Waals surface area contributed by atoms with Crippen molar-refractivity contribution in [1.82, 2.24) is 5.32 Å². The maximum atomic E-state index is 13.3. The van der Waals surface area contributed by atoms with Crippen LogP contribution in [0.5, 0.6) is 0 Å². The zero-order chi connectivity index (χ0) is 22.8. The number of anilines is 2. The minimum atomic E-state index is -4.51. The van der Waals surface area contributed by atoms with Crippen LogP contribution in [0.25, 0.3) is 0 Å². The van der Waals surface area contributed by atoms with E-state index in [2.05, 4.69) is 71.7 Å². The molecule has 3 rings (SSSR count). The Hall–Kier alpha value is -0.710. The van der Waals surface area contributed by atoms with E-state index in [9.17, 15) is 18.0 Å². The smallest absolute Gasteiger partial charge is 0.378 e. The average Bonchev–Trinajstić information content (AvgIpc) is 2.70. The van der Waals surface area contributed by atoms with Crippen molar-refractivity contribution >= 4 is 95.7 Å². The Balaban J connectivity index is 1.84. The molecule has 0 atom stereocenters. The van der Waals surface area contributed by atoms with Crippen molar-refractivity contribution < 1.29 is 22.7 Å². The number of rotatable bonds is 3. The highest BCUT2D eigenvalue weighted by Gasteiger charge is 2.32. The van der Waals surface area contributed by atoms with Crippen LogP contribution in [0.2, 0.25) is 0 Å². The third-order valence-electron chi connectivity index (χ3n) is 4.39. The van der Waals surface area contributed by atoms with Gasteiger partial charge in [-0.1, -0.05) is 0 Å². The van der Waals surface area contributed by atoms with Gasteiger partial charge in [0, 0.05) is 24.7 Å². The van der Waals surface area contributed by atoms with Crippen molar-refractivity contribution in [2.45, 2.75) is 6.18 Å². The van der Waals surface area contributed by atoms with Gasteiger partial charge in [0.1, 0.15) is 0 Å². The number of nitrogens with zero attached hydrogens (tertiary/aromatic N) is 1. The molecule has 31 heavy (non-hydrogen) atoms. The third-order valence-corrected chi connectivity index (χ3v) is 7.66. The minimum Gasteiger partial charge on any atom is -0.378 e. The number of thiocarbonyl (C=S) groups is 1. The second-order valence-corrected chi connectivity index (χ2v) is 10.1. The fraction of sp³-hybridized carbons (Fsp3) is 0.263. The van der Waals surface area contributed by atoms with Gasteiger partial charge in [-0.3, -0.25) is 10.1 Å². The highest BCUT2D eigenvalue weighted by Crippen LogP contribution is 2.36. The topological polar surface area (TPSA) is 53.6 Å². The molecule has 0 radical (unpaired) electrons. The van der Waals surface area contributed by atoms with Gasteiger partial charge >= 0.3 is 6.18 Å². The Kier molecular flexibility index (Phi) is 8.43. The number of carbonyl (C=O) groups excluding carboxylic acids is 1. The van der Waals surface area contributed by atoms with Crippen LogP contribution in [0.1, 0.15) is 15.9 Å². The molecule has 1 heterocycles. The molecule has 0 aliphatic carbocycles. The molecule has 1 fully saturated rings. The SMILES string of the molecule is O=C(NC(=S)Nc1cc(C(F)(F)F)ccc1N1CCOCC1)c1cc(I)cc(I)c1Br. The fourth-order valence-corrected chi connectivity index (χ4v) is 5.39. The molecule has 2 aromatic carbocycles. The average molecular weight is 740 g/mol. The Morgan fingerprint density at radius 2 is 1.84 bits per heavy atom. The van der Waals surface area contributed by atoms with Crippen LogP contribution in [0.3, 0.4) is 0 Å². The lowest BCUT2D eigenvalue weighted by Gasteiger charge is -2.31. The first-order valence-electron chi connectivity index (χ1n) is 8.87. The van der Waals surface area contributed by atoms with Crippen molar-refractivity contribution in [3.8, 4) is 0 Å². The number of benzene rings is 2. The molecule has 166 valence electrons. The molecular weight excluding hydrogens is 725 g/mol. The highest BCUT2D eigenvalue weighted by atomic mass is 127. The number of ether oxygens (including phenoxy) is 1. The molecule has 1 amide bonds. The summed E-state index contributed by atoms with van der Waals surface area (Å²) in [6.45, 7) is 2.02. The van der Waals surface area contributed by atoms with Crippen LogP contribution in [0.4, 0.5) is 24.5 Å². The van der Waals surface area contributed by atoms with Gasteiger partial charge < -0.3 is 15.0 Å². The van der Waals surface area contributed by atoms with E-state index in [-0.39, 0.29) is 10.8 Å². The summed E-state index contributed by atoms with van der Waals surface area (Å²) < 4.78 is 47.4. The maximum Gasteiger partial charge on any atom is 0.416 e. The van der Waals surface area contributed by atoms with Crippen LogP contribution in [0, 0.1) is 7.14 Å². The number of amides is 1. The molecule has 12 heteroatoms. The Labute approximate surface area is 217 Å². The van der Waals surface area contributed by atoms with Crippen molar-refractivity contribution in [3.05, 3.63) is 53.1 Å². The van der Waals surface area contributed by atoms with Crippen LogP contribution < -0.4 is 15.5 Å². The van der Waals surface area contributed by atoms with Gasteiger partial charge in [-0.15, -0.1) is 0 Å². The third kappa shape index (κ3) is 6.42. The highest BCUT2D eigenvalue weighted by molar-refractivity contribution is 14.1. The Morgan fingerprint density at radius 3 is 2.48 bits per heavy atom. The van der Waals surface area contributed by atoms with Gasteiger partial charge in [0.15, 0.2) is 5.11 Å². The second kappa shape index (κ2) is 10.5. The summed E-state index contributed by atoms with van der Waals surface area (Å²) in [6, 6.07) is 7.01. The normalized spacial score (nSPS) is 14.3. The molecule has 2 N–H and O–H groups in total. The van der Waals surface area contributed by atoms with E-state index >= 15 is 0 Å². The van der Waals surface area contributed by atoms with Crippen molar-refractivity contribution in [3.63, 3.8) is 0 Å². The molecule has 0 spiro atoms. The molecule has 1 aliphatic heterocycles. The molecule has 0 aromatic heterocycles. The number of halogens is 6. The second-order valence-electron chi connectivity index (χ2n) is 6.49. The number of hydrogen-bond donors (Lipinski definition) is 2. The van der Waals surface area contributed by atoms with E-state index in [1.807, 2.05) is 11.0 Å². The van der Waals surface area contributed by atoms with E-state index in [0.29, 0.717) is 42.0 Å². The summed E-state index contributed by atoms with van der Waals surface area (Å²) in [4.78, 5) is 14.6. The molecule has 5 nitrogen and oxygen atoms in total. The summed E-state index contributed by atoms with van der Waals surface area (Å²) in [5.74, 6) is -0.472. The first-order chi connectivity index (χ1) is 14.6. The van der Waals surface area contributed by atoms with Gasteiger partial charge in [0.25, 0.3) is 5.91 Å². The molecule has 2 aromatic rings. The summed E-state index contributed by atoms with van der Waals surface area (Å²) >= 11 is 12.8. The van der Waals surface area contributed by atoms with Gasteiger partial charge in [0.2, 0.25) is 0 Å². The first-order valence-corrected chi connectivity index (χ1v) is 12.2. The number of hydrogen-bond acceptors (Lipinski definition) is 4. The largest absolute Gasteiger partial charge is 0.416 e. The summed E-state index contributed by atoms with van der Waals surface area (Å²) in [5, 5.41) is 5.22. The number of nitrogens with one attached hydrogen (secondary N) is 2. The lowest BCUT2D eigenvalue weighted by Crippen LogP contribution is -2.38. The number of carbonyl (C=O) groups is 1. The van der Waals surface area contributed by atoms with E-state index in [4.69, 9.17) is 17.0 Å². The van der Waals surface area contributed by atoms with Crippen LogP contribution >= 0.6 is 73.3 Å². The lowest BCUT2D eigenvalue weighted by atomic mass is 10.1. The molecule has 0 unspecified atom stereocenters. The van der Waals surface area contributed by atoms with E-state index < -0.39 is 17.6 Å². The van der Waals surface area contributed by atoms with Crippen LogP contribution in [-0.2, 0) is 10.9 Å². The van der Waals surface area contributed by atoms with Gasteiger partial charge in [-0.25, -0.2) is 0 Å². The van der Waals surface area contributed by atoms with E-state index in [0.717, 1.165) is 19.3 Å². The first kappa shape index (κ1) is 24.9. The standard InChI is InChI=1S/C19H15BrF3I2N3O2S/c20-16-12(8-11(24)9-13(16)25)17(29)27-18(31)26-14-7-10(19(21,22)23)1-2-15(14)28-3-5-30-6-4-28/h1-2,7-9H,3-6H2,(H2,26,27,29,31). The number of morpholine rings is 1. The Bertz CT molecular complexity index is 1020. The lowest BCUT2D eigenvalue weighted by molar-refractivity contribution is -0.137. The van der Waals surface area contributed by atoms with Gasteiger partial charge in [0.05, 0.1) is 35.7 Å². The summed E-state index contributed by atoms with van der Waals surface area (Å²) in [6.07, 6.45) is -4.51. The minimum absolute atomic E-state index is 0.0976. The maximum absolute atomic E-state index is 13.3. The van der Waals surface area contributed by atoms with Gasteiger partial charge in [-0.05, 0) is 104 Å². The monoisotopic (exact) mass is 739 g/mol.